The van der Waals surface area contributed by atoms with Crippen molar-refractivity contribution in [3.8, 4) is 11.5 Å². The molecular formula is C22H29N3O2S. The molecule has 0 aromatic heterocycles. The summed E-state index contributed by atoms with van der Waals surface area (Å²) in [5, 5.41) is 0.796. The van der Waals surface area contributed by atoms with E-state index in [0.29, 0.717) is 19.3 Å². The van der Waals surface area contributed by atoms with Crippen LogP contribution in [0.2, 0.25) is 0 Å². The van der Waals surface area contributed by atoms with E-state index in [4.69, 9.17) is 21.7 Å². The Morgan fingerprint density at radius 1 is 0.786 bits per heavy atom. The Balaban J connectivity index is 1.87. The molecule has 0 unspecified atom stereocenters. The fourth-order valence-corrected chi connectivity index (χ4v) is 3.49. The normalized spacial score (nSPS) is 15.2. The SMILES string of the molecule is CCOc1ccc(N2CN(C(C)C)CN(c3ccc(OCC)cc3)C2=S)cc1. The Morgan fingerprint density at radius 3 is 1.50 bits per heavy atom. The number of rotatable bonds is 7. The maximum atomic E-state index is 5.88. The topological polar surface area (TPSA) is 28.2 Å². The molecule has 2 aromatic rings. The monoisotopic (exact) mass is 399 g/mol. The minimum Gasteiger partial charge on any atom is -0.494 e. The first-order valence-electron chi connectivity index (χ1n) is 9.82. The Labute approximate surface area is 173 Å². The van der Waals surface area contributed by atoms with E-state index in [2.05, 4.69) is 52.8 Å². The molecule has 0 radical (unpaired) electrons. The molecule has 0 bridgehead atoms. The van der Waals surface area contributed by atoms with Crippen LogP contribution < -0.4 is 19.3 Å². The molecule has 1 fully saturated rings. The third-order valence-corrected chi connectivity index (χ3v) is 5.20. The summed E-state index contributed by atoms with van der Waals surface area (Å²) in [5.74, 6) is 1.75. The lowest BCUT2D eigenvalue weighted by Crippen LogP contribution is -2.60. The number of hydrogen-bond donors (Lipinski definition) is 0. The van der Waals surface area contributed by atoms with Crippen LogP contribution in [0.5, 0.6) is 11.5 Å². The fraction of sp³-hybridized carbons (Fsp3) is 0.409. The molecule has 5 nitrogen and oxygen atoms in total. The van der Waals surface area contributed by atoms with E-state index >= 15 is 0 Å². The summed E-state index contributed by atoms with van der Waals surface area (Å²) in [7, 11) is 0. The summed E-state index contributed by atoms with van der Waals surface area (Å²) >= 11 is 5.88. The standard InChI is InChI=1S/C22H29N3O2S/c1-5-26-20-11-7-18(8-12-20)24-15-23(17(3)4)16-25(22(24)28)19-9-13-21(14-10-19)27-6-2/h7-14,17H,5-6,15-16H2,1-4H3. The van der Waals surface area contributed by atoms with Gasteiger partial charge < -0.3 is 19.3 Å². The van der Waals surface area contributed by atoms with Crippen molar-refractivity contribution in [3.05, 3.63) is 48.5 Å². The molecule has 28 heavy (non-hydrogen) atoms. The summed E-state index contributed by atoms with van der Waals surface area (Å²) in [6.45, 7) is 11.2. The largest absolute Gasteiger partial charge is 0.494 e. The van der Waals surface area contributed by atoms with Crippen LogP contribution in [0.1, 0.15) is 27.7 Å². The van der Waals surface area contributed by atoms with Crippen molar-refractivity contribution in [3.63, 3.8) is 0 Å². The van der Waals surface area contributed by atoms with Gasteiger partial charge in [0, 0.05) is 17.4 Å². The van der Waals surface area contributed by atoms with Gasteiger partial charge in [0.25, 0.3) is 0 Å². The Morgan fingerprint density at radius 2 is 1.18 bits per heavy atom. The molecule has 3 rings (SSSR count). The minimum atomic E-state index is 0.401. The van der Waals surface area contributed by atoms with Gasteiger partial charge in [-0.25, -0.2) is 0 Å². The quantitative estimate of drug-likeness (QED) is 0.626. The Kier molecular flexibility index (Phi) is 6.75. The van der Waals surface area contributed by atoms with Crippen LogP contribution in [-0.4, -0.2) is 42.6 Å². The van der Waals surface area contributed by atoms with Gasteiger partial charge >= 0.3 is 0 Å². The second-order valence-corrected chi connectivity index (χ2v) is 7.32. The molecular weight excluding hydrogens is 370 g/mol. The average molecular weight is 400 g/mol. The highest BCUT2D eigenvalue weighted by Gasteiger charge is 2.30. The molecule has 0 atom stereocenters. The van der Waals surface area contributed by atoms with E-state index in [-0.39, 0.29) is 0 Å². The van der Waals surface area contributed by atoms with Gasteiger partial charge in [-0.15, -0.1) is 0 Å². The summed E-state index contributed by atoms with van der Waals surface area (Å²) < 4.78 is 11.1. The second kappa shape index (κ2) is 9.26. The summed E-state index contributed by atoms with van der Waals surface area (Å²) in [4.78, 5) is 6.73. The van der Waals surface area contributed by atoms with Gasteiger partial charge in [-0.05, 0) is 88.4 Å². The molecule has 6 heteroatoms. The minimum absolute atomic E-state index is 0.401. The van der Waals surface area contributed by atoms with E-state index in [0.717, 1.165) is 41.3 Å². The van der Waals surface area contributed by atoms with Crippen LogP contribution in [0.3, 0.4) is 0 Å². The number of ether oxygens (including phenoxy) is 2. The van der Waals surface area contributed by atoms with Crippen molar-refractivity contribution in [1.82, 2.24) is 4.90 Å². The van der Waals surface area contributed by atoms with Gasteiger partial charge in [0.05, 0.1) is 26.6 Å². The summed E-state index contributed by atoms with van der Waals surface area (Å²) in [6, 6.07) is 16.7. The molecule has 0 amide bonds. The predicted octanol–water partition coefficient (Wildman–Crippen LogP) is 4.72. The van der Waals surface area contributed by atoms with E-state index in [1.807, 2.05) is 38.1 Å². The first-order valence-corrected chi connectivity index (χ1v) is 10.2. The van der Waals surface area contributed by atoms with Gasteiger partial charge in [0.15, 0.2) is 5.11 Å². The van der Waals surface area contributed by atoms with Crippen LogP contribution >= 0.6 is 12.2 Å². The highest BCUT2D eigenvalue weighted by Crippen LogP contribution is 2.28. The molecule has 0 saturated carbocycles. The third kappa shape index (κ3) is 4.56. The fourth-order valence-electron chi connectivity index (χ4n) is 3.16. The molecule has 0 spiro atoms. The maximum absolute atomic E-state index is 5.88. The van der Waals surface area contributed by atoms with Crippen molar-refractivity contribution >= 4 is 28.7 Å². The predicted molar refractivity (Wildman–Crippen MR) is 119 cm³/mol. The second-order valence-electron chi connectivity index (χ2n) is 6.96. The molecule has 1 saturated heterocycles. The molecule has 2 aromatic carbocycles. The average Bonchev–Trinajstić information content (AvgIpc) is 2.70. The van der Waals surface area contributed by atoms with Crippen LogP contribution in [0.25, 0.3) is 0 Å². The Bertz CT molecular complexity index is 716. The molecule has 1 aliphatic heterocycles. The zero-order valence-corrected chi connectivity index (χ0v) is 17.9. The molecule has 0 aliphatic carbocycles. The number of thiocarbonyl (C=S) groups is 1. The summed E-state index contributed by atoms with van der Waals surface area (Å²) in [5.41, 5.74) is 2.13. The zero-order chi connectivity index (χ0) is 20.1. The van der Waals surface area contributed by atoms with Crippen LogP contribution in [0.4, 0.5) is 11.4 Å². The van der Waals surface area contributed by atoms with E-state index in [1.54, 1.807) is 0 Å². The van der Waals surface area contributed by atoms with E-state index < -0.39 is 0 Å². The van der Waals surface area contributed by atoms with Crippen LogP contribution in [-0.2, 0) is 0 Å². The first-order chi connectivity index (χ1) is 13.5. The number of nitrogens with zero attached hydrogens (tertiary/aromatic N) is 3. The zero-order valence-electron chi connectivity index (χ0n) is 17.1. The van der Waals surface area contributed by atoms with E-state index in [9.17, 15) is 0 Å². The highest BCUT2D eigenvalue weighted by atomic mass is 32.1. The van der Waals surface area contributed by atoms with Crippen molar-refractivity contribution in [2.45, 2.75) is 33.7 Å². The van der Waals surface area contributed by atoms with Crippen molar-refractivity contribution in [2.24, 2.45) is 0 Å². The van der Waals surface area contributed by atoms with Crippen molar-refractivity contribution in [2.75, 3.05) is 36.4 Å². The number of hydrogen-bond acceptors (Lipinski definition) is 4. The van der Waals surface area contributed by atoms with E-state index in [1.165, 1.54) is 0 Å². The van der Waals surface area contributed by atoms with Gasteiger partial charge in [-0.1, -0.05) is 0 Å². The lowest BCUT2D eigenvalue weighted by atomic mass is 10.2. The van der Waals surface area contributed by atoms with Crippen LogP contribution in [0.15, 0.2) is 48.5 Å². The first kappa shape index (κ1) is 20.4. The lowest BCUT2D eigenvalue weighted by molar-refractivity contribution is 0.225. The number of benzene rings is 2. The van der Waals surface area contributed by atoms with Crippen LogP contribution in [0, 0.1) is 0 Å². The van der Waals surface area contributed by atoms with Gasteiger partial charge in [0.2, 0.25) is 0 Å². The Hall–Kier alpha value is -2.31. The molecule has 1 heterocycles. The lowest BCUT2D eigenvalue weighted by Gasteiger charge is -2.46. The summed E-state index contributed by atoms with van der Waals surface area (Å²) in [6.07, 6.45) is 0. The van der Waals surface area contributed by atoms with Crippen molar-refractivity contribution < 1.29 is 9.47 Å². The highest BCUT2D eigenvalue weighted by molar-refractivity contribution is 7.80. The van der Waals surface area contributed by atoms with Gasteiger partial charge in [0.1, 0.15) is 11.5 Å². The molecule has 0 N–H and O–H groups in total. The molecule has 1 aliphatic rings. The number of anilines is 2. The van der Waals surface area contributed by atoms with Gasteiger partial charge in [-0.2, -0.15) is 0 Å². The van der Waals surface area contributed by atoms with Gasteiger partial charge in [-0.3, -0.25) is 4.90 Å². The van der Waals surface area contributed by atoms with Crippen molar-refractivity contribution in [1.29, 1.82) is 0 Å². The third-order valence-electron chi connectivity index (χ3n) is 4.76. The smallest absolute Gasteiger partial charge is 0.182 e. The maximum Gasteiger partial charge on any atom is 0.182 e. The molecule has 150 valence electrons.